The van der Waals surface area contributed by atoms with Crippen LogP contribution in [0.5, 0.6) is 0 Å². The molecule has 0 saturated heterocycles. The Labute approximate surface area is 159 Å². The highest BCUT2D eigenvalue weighted by atomic mass is 19.1. The molecule has 1 unspecified atom stereocenters. The van der Waals surface area contributed by atoms with Gasteiger partial charge in [0, 0.05) is 0 Å². The minimum atomic E-state index is -0.773. The van der Waals surface area contributed by atoms with Gasteiger partial charge in [-0.3, -0.25) is 4.79 Å². The summed E-state index contributed by atoms with van der Waals surface area (Å²) in [6.45, 7) is 7.35. The molecular weight excluding hydrogens is 345 g/mol. The molecule has 4 N–H and O–H groups in total. The summed E-state index contributed by atoms with van der Waals surface area (Å²) in [6, 6.07) is 12.4. The van der Waals surface area contributed by atoms with Crippen molar-refractivity contribution in [3.8, 4) is 11.1 Å². The maximum absolute atomic E-state index is 13.0. The van der Waals surface area contributed by atoms with Crippen molar-refractivity contribution in [2.24, 2.45) is 11.1 Å². The average Bonchev–Trinajstić information content (AvgIpc) is 2.59. The zero-order valence-corrected chi connectivity index (χ0v) is 16.0. The van der Waals surface area contributed by atoms with Gasteiger partial charge in [0.2, 0.25) is 5.91 Å². The number of amides is 3. The molecular formula is C21H26FN3O2. The Kier molecular flexibility index (Phi) is 6.20. The molecule has 0 aliphatic rings. The highest BCUT2D eigenvalue weighted by molar-refractivity contribution is 5.86. The van der Waals surface area contributed by atoms with Gasteiger partial charge >= 0.3 is 6.03 Å². The van der Waals surface area contributed by atoms with Crippen LogP contribution in [0.15, 0.2) is 48.5 Å². The molecule has 0 spiro atoms. The lowest BCUT2D eigenvalue weighted by molar-refractivity contribution is -0.122. The second-order valence-corrected chi connectivity index (χ2v) is 7.67. The Morgan fingerprint density at radius 2 is 1.41 bits per heavy atom. The van der Waals surface area contributed by atoms with Crippen molar-refractivity contribution in [3.05, 3.63) is 59.9 Å². The van der Waals surface area contributed by atoms with Crippen LogP contribution in [0.25, 0.3) is 11.1 Å². The van der Waals surface area contributed by atoms with E-state index in [-0.39, 0.29) is 11.9 Å². The Morgan fingerprint density at radius 3 is 1.85 bits per heavy atom. The van der Waals surface area contributed by atoms with E-state index in [2.05, 4.69) is 10.6 Å². The van der Waals surface area contributed by atoms with Gasteiger partial charge in [-0.1, -0.05) is 57.2 Å². The van der Waals surface area contributed by atoms with Crippen molar-refractivity contribution in [2.45, 2.75) is 39.8 Å². The molecule has 27 heavy (non-hydrogen) atoms. The molecule has 5 nitrogen and oxygen atoms in total. The minimum Gasteiger partial charge on any atom is -0.368 e. The maximum Gasteiger partial charge on any atom is 0.315 e. The molecule has 2 aromatic carbocycles. The van der Waals surface area contributed by atoms with Gasteiger partial charge in [0.05, 0.1) is 6.04 Å². The van der Waals surface area contributed by atoms with Gasteiger partial charge in [0.25, 0.3) is 0 Å². The summed E-state index contributed by atoms with van der Waals surface area (Å²) in [6.07, 6.45) is 0. The topological polar surface area (TPSA) is 84.2 Å². The first-order valence-corrected chi connectivity index (χ1v) is 8.80. The third kappa shape index (κ3) is 5.54. The van der Waals surface area contributed by atoms with Crippen LogP contribution in [0.2, 0.25) is 0 Å². The normalized spacial score (nSPS) is 13.5. The second kappa shape index (κ2) is 8.20. The fourth-order valence-corrected chi connectivity index (χ4v) is 2.77. The fraction of sp³-hybridized carbons (Fsp3) is 0.333. The van der Waals surface area contributed by atoms with E-state index >= 15 is 0 Å². The predicted octanol–water partition coefficient (Wildman–Crippen LogP) is 3.75. The number of hydrogen-bond donors (Lipinski definition) is 3. The third-order valence-corrected chi connectivity index (χ3v) is 4.36. The molecule has 0 aromatic heterocycles. The molecule has 2 atom stereocenters. The van der Waals surface area contributed by atoms with E-state index in [0.717, 1.165) is 16.7 Å². The first kappa shape index (κ1) is 20.4. The van der Waals surface area contributed by atoms with E-state index < -0.39 is 23.4 Å². The van der Waals surface area contributed by atoms with Crippen LogP contribution in [-0.4, -0.2) is 18.0 Å². The molecule has 0 bridgehead atoms. The highest BCUT2D eigenvalue weighted by Gasteiger charge is 2.31. The van der Waals surface area contributed by atoms with Crippen LogP contribution in [0.3, 0.4) is 0 Å². The van der Waals surface area contributed by atoms with Crippen LogP contribution in [-0.2, 0) is 4.79 Å². The first-order chi connectivity index (χ1) is 12.6. The smallest absolute Gasteiger partial charge is 0.315 e. The maximum atomic E-state index is 13.0. The van der Waals surface area contributed by atoms with Crippen molar-refractivity contribution in [1.29, 1.82) is 0 Å². The molecule has 6 heteroatoms. The first-order valence-electron chi connectivity index (χ1n) is 8.80. The van der Waals surface area contributed by atoms with E-state index in [1.54, 1.807) is 12.1 Å². The van der Waals surface area contributed by atoms with E-state index in [9.17, 15) is 14.0 Å². The summed E-state index contributed by atoms with van der Waals surface area (Å²) in [5.41, 5.74) is 7.68. The van der Waals surface area contributed by atoms with Gasteiger partial charge in [-0.2, -0.15) is 0 Å². The van der Waals surface area contributed by atoms with Crippen LogP contribution >= 0.6 is 0 Å². The van der Waals surface area contributed by atoms with Crippen LogP contribution in [0.1, 0.15) is 39.3 Å². The average molecular weight is 371 g/mol. The van der Waals surface area contributed by atoms with Gasteiger partial charge in [-0.15, -0.1) is 0 Å². The number of benzene rings is 2. The number of rotatable bonds is 5. The number of hydrogen-bond acceptors (Lipinski definition) is 2. The molecule has 0 radical (unpaired) electrons. The highest BCUT2D eigenvalue weighted by Crippen LogP contribution is 2.23. The van der Waals surface area contributed by atoms with Crippen molar-refractivity contribution in [2.75, 3.05) is 0 Å². The molecule has 3 amide bonds. The lowest BCUT2D eigenvalue weighted by Crippen LogP contribution is -2.54. The van der Waals surface area contributed by atoms with Gasteiger partial charge in [-0.25, -0.2) is 9.18 Å². The number of halogens is 1. The van der Waals surface area contributed by atoms with E-state index in [0.29, 0.717) is 0 Å². The van der Waals surface area contributed by atoms with Crippen molar-refractivity contribution < 1.29 is 14.0 Å². The zero-order valence-electron chi connectivity index (χ0n) is 16.0. The number of nitrogens with one attached hydrogen (secondary N) is 2. The monoisotopic (exact) mass is 371 g/mol. The fourth-order valence-electron chi connectivity index (χ4n) is 2.77. The summed E-state index contributed by atoms with van der Waals surface area (Å²) in [4.78, 5) is 23.8. The second-order valence-electron chi connectivity index (χ2n) is 7.67. The molecule has 0 fully saturated rings. The number of carbonyl (C=O) groups excluding carboxylic acids is 2. The van der Waals surface area contributed by atoms with E-state index in [1.807, 2.05) is 52.0 Å². The van der Waals surface area contributed by atoms with Crippen molar-refractivity contribution >= 4 is 11.9 Å². The summed E-state index contributed by atoms with van der Waals surface area (Å²) in [5.74, 6) is -0.849. The molecule has 2 aromatic rings. The van der Waals surface area contributed by atoms with Crippen LogP contribution in [0.4, 0.5) is 9.18 Å². The number of nitrogens with two attached hydrogens (primary N) is 1. The molecule has 2 rings (SSSR count). The Bertz CT molecular complexity index is 796. The van der Waals surface area contributed by atoms with Crippen LogP contribution < -0.4 is 16.4 Å². The Morgan fingerprint density at radius 1 is 0.926 bits per heavy atom. The molecule has 0 heterocycles. The van der Waals surface area contributed by atoms with E-state index in [1.165, 1.54) is 12.1 Å². The summed E-state index contributed by atoms with van der Waals surface area (Å²) in [7, 11) is 0. The standard InChI is InChI=1S/C21H26FN3O2/c1-13(24-20(27)25-18(19(23)26)21(2,3)4)14-5-7-15(8-6-14)16-9-11-17(22)12-10-16/h5-13,18H,1-4H3,(H2,23,26)(H2,24,25,27)/t13?,18-/m1/s1. The number of primary amides is 1. The third-order valence-electron chi connectivity index (χ3n) is 4.36. The number of urea groups is 1. The lowest BCUT2D eigenvalue weighted by atomic mass is 9.86. The molecule has 0 saturated carbocycles. The summed E-state index contributed by atoms with van der Waals surface area (Å²) < 4.78 is 13.0. The van der Waals surface area contributed by atoms with Crippen molar-refractivity contribution in [3.63, 3.8) is 0 Å². The molecule has 144 valence electrons. The largest absolute Gasteiger partial charge is 0.368 e. The quantitative estimate of drug-likeness (QED) is 0.748. The zero-order chi connectivity index (χ0) is 20.2. The summed E-state index contributed by atoms with van der Waals surface area (Å²) >= 11 is 0. The van der Waals surface area contributed by atoms with Crippen molar-refractivity contribution in [1.82, 2.24) is 10.6 Å². The molecule has 0 aliphatic carbocycles. The predicted molar refractivity (Wildman–Crippen MR) is 104 cm³/mol. The van der Waals surface area contributed by atoms with Gasteiger partial charge in [-0.05, 0) is 41.2 Å². The van der Waals surface area contributed by atoms with E-state index in [4.69, 9.17) is 5.73 Å². The van der Waals surface area contributed by atoms with Crippen LogP contribution in [0, 0.1) is 11.2 Å². The Balaban J connectivity index is 2.03. The lowest BCUT2D eigenvalue weighted by Gasteiger charge is -2.29. The SMILES string of the molecule is CC(NC(=O)N[C@H](C(N)=O)C(C)(C)C)c1ccc(-c2ccc(F)cc2)cc1. The van der Waals surface area contributed by atoms with Gasteiger partial charge in [0.15, 0.2) is 0 Å². The molecule has 0 aliphatic heterocycles. The minimum absolute atomic E-state index is 0.263. The number of carbonyl (C=O) groups is 2. The van der Waals surface area contributed by atoms with Gasteiger partial charge < -0.3 is 16.4 Å². The summed E-state index contributed by atoms with van der Waals surface area (Å²) in [5, 5.41) is 5.45. The Hall–Kier alpha value is -2.89. The van der Waals surface area contributed by atoms with Gasteiger partial charge in [0.1, 0.15) is 11.9 Å².